The topological polar surface area (TPSA) is 97.3 Å². The maximum Gasteiger partial charge on any atom is 0.255 e. The van der Waals surface area contributed by atoms with Crippen LogP contribution in [0, 0.1) is 6.92 Å². The highest BCUT2D eigenvalue weighted by Gasteiger charge is 2.22. The molecular formula is C19H23N3O5S. The van der Waals surface area contributed by atoms with E-state index in [0.717, 1.165) is 9.87 Å². The van der Waals surface area contributed by atoms with E-state index in [9.17, 15) is 13.2 Å². The molecule has 9 heteroatoms. The molecule has 0 heterocycles. The van der Waals surface area contributed by atoms with Crippen molar-refractivity contribution < 1.29 is 22.7 Å². The molecule has 2 aromatic rings. The van der Waals surface area contributed by atoms with Gasteiger partial charge in [0.05, 0.1) is 31.9 Å². The van der Waals surface area contributed by atoms with Crippen LogP contribution in [-0.4, -0.2) is 52.7 Å². The molecule has 0 radical (unpaired) electrons. The van der Waals surface area contributed by atoms with Crippen LogP contribution in [0.15, 0.2) is 52.5 Å². The highest BCUT2D eigenvalue weighted by Crippen LogP contribution is 2.23. The molecule has 150 valence electrons. The largest absolute Gasteiger partial charge is 0.497 e. The fourth-order valence-electron chi connectivity index (χ4n) is 2.31. The minimum absolute atomic E-state index is 0.125. The minimum Gasteiger partial charge on any atom is -0.497 e. The standard InChI is InChI=1S/C19H23N3O5S/c1-14-5-9-17(10-6-14)28(24,25)22(2)13-19(23)21-20-12-15-7-8-16(26-3)11-18(15)27-4/h5-12H,13H2,1-4H3,(H,21,23)/b20-12+. The van der Waals surface area contributed by atoms with E-state index in [0.29, 0.717) is 17.1 Å². The van der Waals surface area contributed by atoms with Gasteiger partial charge in [0, 0.05) is 18.7 Å². The van der Waals surface area contributed by atoms with Gasteiger partial charge in [-0.15, -0.1) is 0 Å². The monoisotopic (exact) mass is 405 g/mol. The number of benzene rings is 2. The van der Waals surface area contributed by atoms with Crippen LogP contribution in [0.2, 0.25) is 0 Å². The second kappa shape index (κ2) is 9.34. The van der Waals surface area contributed by atoms with E-state index in [1.165, 1.54) is 32.5 Å². The number of aryl methyl sites for hydroxylation is 1. The molecule has 0 saturated heterocycles. The summed E-state index contributed by atoms with van der Waals surface area (Å²) in [5.41, 5.74) is 3.89. The van der Waals surface area contributed by atoms with Gasteiger partial charge in [0.15, 0.2) is 0 Å². The Kier molecular flexibility index (Phi) is 7.13. The Bertz CT molecular complexity index is 956. The Morgan fingerprint density at radius 1 is 1.14 bits per heavy atom. The first kappa shape index (κ1) is 21.4. The lowest BCUT2D eigenvalue weighted by atomic mass is 10.2. The van der Waals surface area contributed by atoms with E-state index in [-0.39, 0.29) is 11.4 Å². The maximum atomic E-state index is 12.5. The number of rotatable bonds is 8. The molecule has 0 saturated carbocycles. The lowest BCUT2D eigenvalue weighted by molar-refractivity contribution is -0.121. The molecular weight excluding hydrogens is 382 g/mol. The van der Waals surface area contributed by atoms with Gasteiger partial charge >= 0.3 is 0 Å². The molecule has 1 N–H and O–H groups in total. The molecule has 0 aliphatic carbocycles. The second-order valence-corrected chi connectivity index (χ2v) is 8.02. The van der Waals surface area contributed by atoms with Crippen molar-refractivity contribution in [2.75, 3.05) is 27.8 Å². The number of methoxy groups -OCH3 is 2. The predicted octanol–water partition coefficient (Wildman–Crippen LogP) is 1.78. The summed E-state index contributed by atoms with van der Waals surface area (Å²) in [5.74, 6) is 0.583. The Labute approximate surface area is 164 Å². The van der Waals surface area contributed by atoms with Crippen LogP contribution in [-0.2, 0) is 14.8 Å². The molecule has 0 bridgehead atoms. The van der Waals surface area contributed by atoms with Crippen LogP contribution >= 0.6 is 0 Å². The molecule has 0 aliphatic heterocycles. The average Bonchev–Trinajstić information content (AvgIpc) is 2.68. The second-order valence-electron chi connectivity index (χ2n) is 5.98. The van der Waals surface area contributed by atoms with Crippen molar-refractivity contribution >= 4 is 22.1 Å². The number of hydrogen-bond acceptors (Lipinski definition) is 6. The van der Waals surface area contributed by atoms with Crippen molar-refractivity contribution in [2.24, 2.45) is 5.10 Å². The quantitative estimate of drug-likeness (QED) is 0.533. The van der Waals surface area contributed by atoms with Gasteiger partial charge < -0.3 is 9.47 Å². The normalized spacial score (nSPS) is 11.6. The molecule has 0 spiro atoms. The van der Waals surface area contributed by atoms with Gasteiger partial charge in [-0.1, -0.05) is 17.7 Å². The zero-order chi connectivity index (χ0) is 20.7. The van der Waals surface area contributed by atoms with E-state index in [2.05, 4.69) is 10.5 Å². The maximum absolute atomic E-state index is 12.5. The smallest absolute Gasteiger partial charge is 0.255 e. The first-order valence-electron chi connectivity index (χ1n) is 8.35. The summed E-state index contributed by atoms with van der Waals surface area (Å²) >= 11 is 0. The Morgan fingerprint density at radius 3 is 2.43 bits per heavy atom. The van der Waals surface area contributed by atoms with Crippen LogP contribution in [0.25, 0.3) is 0 Å². The SMILES string of the molecule is COc1ccc(/C=N/NC(=O)CN(C)S(=O)(=O)c2ccc(C)cc2)c(OC)c1. The number of likely N-dealkylation sites (N-methyl/N-ethyl adjacent to an activating group) is 1. The first-order chi connectivity index (χ1) is 13.3. The van der Waals surface area contributed by atoms with Gasteiger partial charge in [-0.25, -0.2) is 13.8 Å². The molecule has 0 aromatic heterocycles. The van der Waals surface area contributed by atoms with Gasteiger partial charge in [-0.3, -0.25) is 4.79 Å². The Balaban J connectivity index is 2.00. The molecule has 8 nitrogen and oxygen atoms in total. The average molecular weight is 405 g/mol. The van der Waals surface area contributed by atoms with Gasteiger partial charge in [-0.2, -0.15) is 9.41 Å². The predicted molar refractivity (Wildman–Crippen MR) is 106 cm³/mol. The van der Waals surface area contributed by atoms with Gasteiger partial charge in [0.1, 0.15) is 11.5 Å². The van der Waals surface area contributed by atoms with Gasteiger partial charge in [0.2, 0.25) is 10.0 Å². The Morgan fingerprint density at radius 2 is 1.82 bits per heavy atom. The number of hydrazone groups is 1. The van der Waals surface area contributed by atoms with Crippen LogP contribution < -0.4 is 14.9 Å². The van der Waals surface area contributed by atoms with Crippen molar-refractivity contribution in [1.29, 1.82) is 0 Å². The third-order valence-corrected chi connectivity index (χ3v) is 5.75. The van der Waals surface area contributed by atoms with Crippen LogP contribution in [0.1, 0.15) is 11.1 Å². The Hall–Kier alpha value is -2.91. The molecule has 0 fully saturated rings. The number of nitrogens with zero attached hydrogens (tertiary/aromatic N) is 2. The number of ether oxygens (including phenoxy) is 2. The highest BCUT2D eigenvalue weighted by molar-refractivity contribution is 7.89. The summed E-state index contributed by atoms with van der Waals surface area (Å²) in [6.07, 6.45) is 1.41. The number of amides is 1. The summed E-state index contributed by atoms with van der Waals surface area (Å²) in [5, 5.41) is 3.86. The van der Waals surface area contributed by atoms with Gasteiger partial charge in [0.25, 0.3) is 5.91 Å². The van der Waals surface area contributed by atoms with Crippen molar-refractivity contribution in [2.45, 2.75) is 11.8 Å². The summed E-state index contributed by atoms with van der Waals surface area (Å²) < 4.78 is 36.3. The number of hydrogen-bond donors (Lipinski definition) is 1. The zero-order valence-electron chi connectivity index (χ0n) is 16.2. The lowest BCUT2D eigenvalue weighted by Gasteiger charge is -2.16. The van der Waals surface area contributed by atoms with E-state index >= 15 is 0 Å². The van der Waals surface area contributed by atoms with E-state index in [1.807, 2.05) is 6.92 Å². The number of nitrogens with one attached hydrogen (secondary N) is 1. The molecule has 1 amide bonds. The molecule has 2 aromatic carbocycles. The van der Waals surface area contributed by atoms with E-state index in [1.54, 1.807) is 37.4 Å². The molecule has 28 heavy (non-hydrogen) atoms. The summed E-state index contributed by atoms with van der Waals surface area (Å²) in [6, 6.07) is 11.6. The minimum atomic E-state index is -3.76. The van der Waals surface area contributed by atoms with Crippen molar-refractivity contribution in [3.63, 3.8) is 0 Å². The van der Waals surface area contributed by atoms with Crippen LogP contribution in [0.5, 0.6) is 11.5 Å². The van der Waals surface area contributed by atoms with E-state index < -0.39 is 15.9 Å². The first-order valence-corrected chi connectivity index (χ1v) is 9.79. The van der Waals surface area contributed by atoms with Crippen LogP contribution in [0.3, 0.4) is 0 Å². The molecule has 0 unspecified atom stereocenters. The molecule has 2 rings (SSSR count). The summed E-state index contributed by atoms with van der Waals surface area (Å²) in [7, 11) is 0.634. The van der Waals surface area contributed by atoms with Crippen molar-refractivity contribution in [3.8, 4) is 11.5 Å². The van der Waals surface area contributed by atoms with Gasteiger partial charge in [-0.05, 0) is 31.2 Å². The molecule has 0 atom stereocenters. The van der Waals surface area contributed by atoms with E-state index in [4.69, 9.17) is 9.47 Å². The zero-order valence-corrected chi connectivity index (χ0v) is 17.0. The van der Waals surface area contributed by atoms with Crippen molar-refractivity contribution in [3.05, 3.63) is 53.6 Å². The number of carbonyl (C=O) groups excluding carboxylic acids is 1. The third-order valence-electron chi connectivity index (χ3n) is 3.93. The fraction of sp³-hybridized carbons (Fsp3) is 0.263. The lowest BCUT2D eigenvalue weighted by Crippen LogP contribution is -2.36. The van der Waals surface area contributed by atoms with Crippen molar-refractivity contribution in [1.82, 2.24) is 9.73 Å². The number of sulfonamides is 1. The third kappa shape index (κ3) is 5.30. The van der Waals surface area contributed by atoms with Crippen LogP contribution in [0.4, 0.5) is 0 Å². The summed E-state index contributed by atoms with van der Waals surface area (Å²) in [4.78, 5) is 12.2. The highest BCUT2D eigenvalue weighted by atomic mass is 32.2. The molecule has 0 aliphatic rings. The number of carbonyl (C=O) groups is 1. The summed E-state index contributed by atoms with van der Waals surface area (Å²) in [6.45, 7) is 1.50. The fourth-order valence-corrected chi connectivity index (χ4v) is 3.44.